The fraction of sp³-hybridized carbons (Fsp3) is 0.917. The zero-order valence-corrected chi connectivity index (χ0v) is 11.9. The van der Waals surface area contributed by atoms with Crippen molar-refractivity contribution in [2.45, 2.75) is 50.6 Å². The predicted octanol–water partition coefficient (Wildman–Crippen LogP) is 1.95. The molecule has 1 amide bonds. The van der Waals surface area contributed by atoms with Crippen LogP contribution in [0.2, 0.25) is 0 Å². The average Bonchev–Trinajstić information content (AvgIpc) is 2.31. The lowest BCUT2D eigenvalue weighted by molar-refractivity contribution is -0.122. The Labute approximate surface area is 114 Å². The molecule has 0 aromatic rings. The summed E-state index contributed by atoms with van der Waals surface area (Å²) in [6, 6.07) is 0.847. The molecule has 2 N–H and O–H groups in total. The molecule has 0 aromatic carbocycles. The number of rotatable bonds is 3. The van der Waals surface area contributed by atoms with Gasteiger partial charge in [0.2, 0.25) is 5.91 Å². The van der Waals surface area contributed by atoms with Gasteiger partial charge in [0.05, 0.1) is 0 Å². The number of thioether (sulfide) groups is 1. The highest BCUT2D eigenvalue weighted by molar-refractivity contribution is 7.99. The molecular formula is C12H23ClN2OS. The van der Waals surface area contributed by atoms with Gasteiger partial charge in [0, 0.05) is 36.6 Å². The standard InChI is InChI=1S/C12H22N2OS.ClH/c15-12(8-11-9-16-7-6-13-11)14-10-4-2-1-3-5-10;/h10-11,13H,1-9H2,(H,14,15);1H. The topological polar surface area (TPSA) is 41.1 Å². The summed E-state index contributed by atoms with van der Waals surface area (Å²) in [5.74, 6) is 2.51. The Hall–Kier alpha value is 0.0700. The smallest absolute Gasteiger partial charge is 0.221 e. The molecule has 1 heterocycles. The molecule has 1 saturated carbocycles. The Bertz CT molecular complexity index is 207. The van der Waals surface area contributed by atoms with Crippen LogP contribution in [-0.4, -0.2) is 36.0 Å². The van der Waals surface area contributed by atoms with Crippen LogP contribution in [-0.2, 0) is 4.79 Å². The van der Waals surface area contributed by atoms with E-state index >= 15 is 0 Å². The highest BCUT2D eigenvalue weighted by atomic mass is 35.5. The fourth-order valence-corrected chi connectivity index (χ4v) is 3.46. The van der Waals surface area contributed by atoms with E-state index in [1.165, 1.54) is 37.9 Å². The van der Waals surface area contributed by atoms with Gasteiger partial charge in [-0.25, -0.2) is 0 Å². The molecule has 2 fully saturated rings. The van der Waals surface area contributed by atoms with Gasteiger partial charge in [0.25, 0.3) is 0 Å². The zero-order chi connectivity index (χ0) is 11.2. The fourth-order valence-electron chi connectivity index (χ4n) is 2.51. The molecule has 5 heteroatoms. The van der Waals surface area contributed by atoms with Crippen LogP contribution in [0.1, 0.15) is 38.5 Å². The number of carbonyl (C=O) groups is 1. The number of nitrogens with one attached hydrogen (secondary N) is 2. The first kappa shape index (κ1) is 15.1. The lowest BCUT2D eigenvalue weighted by atomic mass is 9.95. The van der Waals surface area contributed by atoms with Crippen LogP contribution < -0.4 is 10.6 Å². The Morgan fingerprint density at radius 3 is 2.71 bits per heavy atom. The van der Waals surface area contributed by atoms with Gasteiger partial charge in [-0.15, -0.1) is 12.4 Å². The monoisotopic (exact) mass is 278 g/mol. The van der Waals surface area contributed by atoms with Crippen LogP contribution in [0.15, 0.2) is 0 Å². The lowest BCUT2D eigenvalue weighted by Gasteiger charge is -2.26. The molecular weight excluding hydrogens is 256 g/mol. The van der Waals surface area contributed by atoms with Gasteiger partial charge in [0.15, 0.2) is 0 Å². The van der Waals surface area contributed by atoms with E-state index in [4.69, 9.17) is 0 Å². The van der Waals surface area contributed by atoms with Crippen LogP contribution in [0.5, 0.6) is 0 Å². The third kappa shape index (κ3) is 5.49. The van der Waals surface area contributed by atoms with Crippen molar-refractivity contribution in [2.75, 3.05) is 18.1 Å². The van der Waals surface area contributed by atoms with E-state index in [1.807, 2.05) is 11.8 Å². The van der Waals surface area contributed by atoms with Crippen LogP contribution in [0.25, 0.3) is 0 Å². The molecule has 0 bridgehead atoms. The molecule has 1 saturated heterocycles. The van der Waals surface area contributed by atoms with Gasteiger partial charge in [-0.1, -0.05) is 19.3 Å². The molecule has 0 aromatic heterocycles. The first-order chi connectivity index (χ1) is 7.84. The summed E-state index contributed by atoms with van der Waals surface area (Å²) in [5, 5.41) is 6.58. The van der Waals surface area contributed by atoms with Crippen molar-refractivity contribution in [2.24, 2.45) is 0 Å². The van der Waals surface area contributed by atoms with Gasteiger partial charge in [-0.2, -0.15) is 11.8 Å². The number of halogens is 1. The van der Waals surface area contributed by atoms with Gasteiger partial charge in [0.1, 0.15) is 0 Å². The second-order valence-corrected chi connectivity index (χ2v) is 5.98. The number of hydrogen-bond donors (Lipinski definition) is 2. The van der Waals surface area contributed by atoms with E-state index in [9.17, 15) is 4.79 Å². The minimum Gasteiger partial charge on any atom is -0.353 e. The maximum Gasteiger partial charge on any atom is 0.221 e. The first-order valence-electron chi connectivity index (χ1n) is 6.45. The quantitative estimate of drug-likeness (QED) is 0.829. The largest absolute Gasteiger partial charge is 0.353 e. The third-order valence-electron chi connectivity index (χ3n) is 3.40. The van der Waals surface area contributed by atoms with E-state index in [-0.39, 0.29) is 18.3 Å². The summed E-state index contributed by atoms with van der Waals surface area (Å²) in [6.07, 6.45) is 6.92. The maximum atomic E-state index is 11.8. The van der Waals surface area contributed by atoms with Crippen LogP contribution in [0, 0.1) is 0 Å². The molecule has 2 aliphatic rings. The maximum absolute atomic E-state index is 11.8. The minimum atomic E-state index is 0. The van der Waals surface area contributed by atoms with Crippen molar-refractivity contribution in [3.05, 3.63) is 0 Å². The van der Waals surface area contributed by atoms with Gasteiger partial charge in [-0.3, -0.25) is 4.79 Å². The molecule has 2 rings (SSSR count). The van der Waals surface area contributed by atoms with Gasteiger partial charge in [-0.05, 0) is 12.8 Å². The van der Waals surface area contributed by atoms with Crippen molar-refractivity contribution in [1.82, 2.24) is 10.6 Å². The molecule has 3 nitrogen and oxygen atoms in total. The number of amides is 1. The third-order valence-corrected chi connectivity index (χ3v) is 4.53. The van der Waals surface area contributed by atoms with E-state index in [0.717, 1.165) is 12.3 Å². The van der Waals surface area contributed by atoms with Gasteiger partial charge >= 0.3 is 0 Å². The minimum absolute atomic E-state index is 0. The Kier molecular flexibility index (Phi) is 7.32. The summed E-state index contributed by atoms with van der Waals surface area (Å²) in [7, 11) is 0. The molecule has 100 valence electrons. The Morgan fingerprint density at radius 2 is 2.06 bits per heavy atom. The van der Waals surface area contributed by atoms with Crippen LogP contribution >= 0.6 is 24.2 Å². The van der Waals surface area contributed by atoms with Crippen molar-refractivity contribution in [3.63, 3.8) is 0 Å². The zero-order valence-electron chi connectivity index (χ0n) is 10.2. The highest BCUT2D eigenvalue weighted by Gasteiger charge is 2.20. The Balaban J connectivity index is 0.00000144. The van der Waals surface area contributed by atoms with Crippen molar-refractivity contribution < 1.29 is 4.79 Å². The Morgan fingerprint density at radius 1 is 1.29 bits per heavy atom. The lowest BCUT2D eigenvalue weighted by Crippen LogP contribution is -2.43. The normalized spacial score (nSPS) is 26.0. The SMILES string of the molecule is Cl.O=C(CC1CSCCN1)NC1CCCCC1. The van der Waals surface area contributed by atoms with E-state index < -0.39 is 0 Å². The summed E-state index contributed by atoms with van der Waals surface area (Å²) >= 11 is 1.95. The van der Waals surface area contributed by atoms with Crippen LogP contribution in [0.3, 0.4) is 0 Å². The predicted molar refractivity (Wildman–Crippen MR) is 76.0 cm³/mol. The number of hydrogen-bond acceptors (Lipinski definition) is 3. The summed E-state index contributed by atoms with van der Waals surface area (Å²) < 4.78 is 0. The molecule has 1 aliphatic heterocycles. The van der Waals surface area contributed by atoms with Crippen LogP contribution in [0.4, 0.5) is 0 Å². The summed E-state index contributed by atoms with van der Waals surface area (Å²) in [6.45, 7) is 1.05. The van der Waals surface area contributed by atoms with Crippen molar-refractivity contribution in [1.29, 1.82) is 0 Å². The molecule has 0 radical (unpaired) electrons. The van der Waals surface area contributed by atoms with Gasteiger partial charge < -0.3 is 10.6 Å². The second-order valence-electron chi connectivity index (χ2n) is 4.83. The van der Waals surface area contributed by atoms with E-state index in [1.54, 1.807) is 0 Å². The van der Waals surface area contributed by atoms with E-state index in [2.05, 4.69) is 10.6 Å². The highest BCUT2D eigenvalue weighted by Crippen LogP contribution is 2.17. The van der Waals surface area contributed by atoms with Crippen molar-refractivity contribution >= 4 is 30.1 Å². The average molecular weight is 279 g/mol. The molecule has 1 aliphatic carbocycles. The van der Waals surface area contributed by atoms with E-state index in [0.29, 0.717) is 18.5 Å². The summed E-state index contributed by atoms with van der Waals surface area (Å²) in [5.41, 5.74) is 0. The number of carbonyl (C=O) groups excluding carboxylic acids is 1. The second kappa shape index (κ2) is 8.22. The van der Waals surface area contributed by atoms with Crippen molar-refractivity contribution in [3.8, 4) is 0 Å². The molecule has 0 spiro atoms. The molecule has 1 atom stereocenters. The molecule has 17 heavy (non-hydrogen) atoms. The first-order valence-corrected chi connectivity index (χ1v) is 7.60. The summed E-state index contributed by atoms with van der Waals surface area (Å²) in [4.78, 5) is 11.8. The molecule has 1 unspecified atom stereocenters.